The van der Waals surface area contributed by atoms with Crippen molar-refractivity contribution >= 4 is 38.9 Å². The van der Waals surface area contributed by atoms with E-state index in [1.807, 2.05) is 18.2 Å². The molecule has 0 radical (unpaired) electrons. The molecule has 5 heteroatoms. The number of hydrogen-bond acceptors (Lipinski definition) is 3. The van der Waals surface area contributed by atoms with E-state index < -0.39 is 0 Å². The lowest BCUT2D eigenvalue weighted by atomic mass is 10.0. The normalized spacial score (nSPS) is 18.6. The first-order valence-electron chi connectivity index (χ1n) is 6.87. The number of thiophene rings is 1. The van der Waals surface area contributed by atoms with E-state index in [0.29, 0.717) is 18.9 Å². The van der Waals surface area contributed by atoms with Gasteiger partial charge in [0.05, 0.1) is 11.6 Å². The molecule has 0 bridgehead atoms. The molecule has 106 valence electrons. The van der Waals surface area contributed by atoms with Crippen molar-refractivity contribution in [3.8, 4) is 0 Å². The Bertz CT molecular complexity index is 619. The van der Waals surface area contributed by atoms with Crippen LogP contribution in [0.3, 0.4) is 0 Å². The summed E-state index contributed by atoms with van der Waals surface area (Å²) in [6.07, 6.45) is 1.70. The molecule has 1 unspecified atom stereocenters. The molecule has 3 rings (SSSR count). The highest BCUT2D eigenvalue weighted by molar-refractivity contribution is 7.19. The predicted molar refractivity (Wildman–Crippen MR) is 84.3 cm³/mol. The predicted octanol–water partition coefficient (Wildman–Crippen LogP) is 3.17. The minimum atomic E-state index is 0.118. The molecule has 1 amide bonds. The van der Waals surface area contributed by atoms with Crippen molar-refractivity contribution in [3.05, 3.63) is 34.2 Å². The maximum absolute atomic E-state index is 11.9. The third-order valence-electron chi connectivity index (χ3n) is 3.68. The van der Waals surface area contributed by atoms with Crippen LogP contribution in [0.1, 0.15) is 17.7 Å². The molecule has 0 aliphatic carbocycles. The summed E-state index contributed by atoms with van der Waals surface area (Å²) in [6.45, 7) is 2.51. The zero-order chi connectivity index (χ0) is 13.9. The summed E-state index contributed by atoms with van der Waals surface area (Å²) in [4.78, 5) is 13.0. The van der Waals surface area contributed by atoms with Gasteiger partial charge in [-0.2, -0.15) is 0 Å². The molecule has 1 aliphatic rings. The quantitative estimate of drug-likeness (QED) is 0.911. The monoisotopic (exact) mass is 308 g/mol. The maximum Gasteiger partial charge on any atom is 0.220 e. The minimum absolute atomic E-state index is 0.118. The number of carbonyl (C=O) groups excluding carboxylic acids is 1. The third-order valence-corrected chi connectivity index (χ3v) is 5.40. The van der Waals surface area contributed by atoms with E-state index in [-0.39, 0.29) is 5.91 Å². The Morgan fingerprint density at radius 3 is 3.05 bits per heavy atom. The molecule has 2 N–H and O–H groups in total. The van der Waals surface area contributed by atoms with Gasteiger partial charge < -0.3 is 10.6 Å². The molecular formula is C15H17ClN2OS. The summed E-state index contributed by atoms with van der Waals surface area (Å²) in [6, 6.07) is 8.06. The van der Waals surface area contributed by atoms with Gasteiger partial charge in [0.15, 0.2) is 0 Å². The van der Waals surface area contributed by atoms with Crippen LogP contribution in [0, 0.1) is 5.92 Å². The lowest BCUT2D eigenvalue weighted by Crippen LogP contribution is -2.25. The van der Waals surface area contributed by atoms with Crippen molar-refractivity contribution < 1.29 is 4.79 Å². The van der Waals surface area contributed by atoms with Gasteiger partial charge in [-0.25, -0.2) is 0 Å². The smallest absolute Gasteiger partial charge is 0.220 e. The summed E-state index contributed by atoms with van der Waals surface area (Å²) in [7, 11) is 0. The third kappa shape index (κ3) is 2.97. The number of carbonyl (C=O) groups is 1. The van der Waals surface area contributed by atoms with Crippen LogP contribution in [-0.4, -0.2) is 19.0 Å². The Morgan fingerprint density at radius 1 is 1.45 bits per heavy atom. The second-order valence-corrected chi connectivity index (χ2v) is 6.69. The molecule has 20 heavy (non-hydrogen) atoms. The fourth-order valence-corrected chi connectivity index (χ4v) is 4.02. The number of halogens is 1. The van der Waals surface area contributed by atoms with Gasteiger partial charge in [-0.15, -0.1) is 11.3 Å². The molecule has 1 aliphatic heterocycles. The topological polar surface area (TPSA) is 41.1 Å². The molecule has 1 aromatic heterocycles. The summed E-state index contributed by atoms with van der Waals surface area (Å²) in [5, 5.41) is 8.11. The number of hydrogen-bond donors (Lipinski definition) is 2. The van der Waals surface area contributed by atoms with Gasteiger partial charge in [0.1, 0.15) is 0 Å². The van der Waals surface area contributed by atoms with Gasteiger partial charge in [-0.3, -0.25) is 4.79 Å². The number of fused-ring (bicyclic) bond motifs is 1. The van der Waals surface area contributed by atoms with Crippen molar-refractivity contribution in [3.63, 3.8) is 0 Å². The highest BCUT2D eigenvalue weighted by atomic mass is 35.5. The molecular weight excluding hydrogens is 292 g/mol. The van der Waals surface area contributed by atoms with E-state index in [4.69, 9.17) is 11.6 Å². The summed E-state index contributed by atoms with van der Waals surface area (Å²) in [5.41, 5.74) is 0. The molecule has 1 saturated heterocycles. The number of nitrogens with one attached hydrogen (secondary N) is 2. The minimum Gasteiger partial charge on any atom is -0.351 e. The van der Waals surface area contributed by atoms with Crippen LogP contribution in [0.2, 0.25) is 5.02 Å². The van der Waals surface area contributed by atoms with Crippen molar-refractivity contribution in [1.82, 2.24) is 10.6 Å². The zero-order valence-corrected chi connectivity index (χ0v) is 12.7. The van der Waals surface area contributed by atoms with Crippen molar-refractivity contribution in [1.29, 1.82) is 0 Å². The van der Waals surface area contributed by atoms with Crippen molar-refractivity contribution in [2.45, 2.75) is 19.4 Å². The molecule has 1 aromatic carbocycles. The Morgan fingerprint density at radius 2 is 2.30 bits per heavy atom. The summed E-state index contributed by atoms with van der Waals surface area (Å²) >= 11 is 8.01. The Balaban J connectivity index is 1.61. The van der Waals surface area contributed by atoms with Gasteiger partial charge in [-0.1, -0.05) is 29.8 Å². The molecule has 0 spiro atoms. The number of benzene rings is 1. The van der Waals surface area contributed by atoms with Gasteiger partial charge in [0.25, 0.3) is 0 Å². The van der Waals surface area contributed by atoms with Gasteiger partial charge in [0.2, 0.25) is 5.91 Å². The second kappa shape index (κ2) is 6.12. The standard InChI is InChI=1S/C15H17ClN2OS/c16-15-11-3-1-2-4-12(11)20-13(15)9-18-14(19)7-10-5-6-17-8-10/h1-4,10,17H,5-9H2,(H,18,19). The average molecular weight is 309 g/mol. The molecule has 2 aromatic rings. The second-order valence-electron chi connectivity index (χ2n) is 5.18. The molecule has 1 fully saturated rings. The first kappa shape index (κ1) is 13.9. The lowest BCUT2D eigenvalue weighted by Gasteiger charge is -2.08. The highest BCUT2D eigenvalue weighted by Crippen LogP contribution is 2.34. The molecule has 2 heterocycles. The van der Waals surface area contributed by atoms with Crippen LogP contribution >= 0.6 is 22.9 Å². The number of amides is 1. The largest absolute Gasteiger partial charge is 0.351 e. The van der Waals surface area contributed by atoms with E-state index >= 15 is 0 Å². The number of rotatable bonds is 4. The van der Waals surface area contributed by atoms with Crippen LogP contribution in [0.5, 0.6) is 0 Å². The first-order chi connectivity index (χ1) is 9.74. The Hall–Kier alpha value is -1.10. The highest BCUT2D eigenvalue weighted by Gasteiger charge is 2.18. The van der Waals surface area contributed by atoms with E-state index in [9.17, 15) is 4.79 Å². The molecule has 1 atom stereocenters. The first-order valence-corrected chi connectivity index (χ1v) is 8.07. The molecule has 3 nitrogen and oxygen atoms in total. The van der Waals surface area contributed by atoms with Gasteiger partial charge in [-0.05, 0) is 31.5 Å². The Kier molecular flexibility index (Phi) is 4.24. The van der Waals surface area contributed by atoms with Crippen molar-refractivity contribution in [2.24, 2.45) is 5.92 Å². The molecule has 0 saturated carbocycles. The summed E-state index contributed by atoms with van der Waals surface area (Å²) in [5.74, 6) is 0.597. The van der Waals surface area contributed by atoms with Gasteiger partial charge in [0, 0.05) is 21.4 Å². The van der Waals surface area contributed by atoms with E-state index in [0.717, 1.165) is 34.8 Å². The fraction of sp³-hybridized carbons (Fsp3) is 0.400. The average Bonchev–Trinajstić information content (AvgIpc) is 3.06. The van der Waals surface area contributed by atoms with Crippen molar-refractivity contribution in [2.75, 3.05) is 13.1 Å². The maximum atomic E-state index is 11.9. The van der Waals surface area contributed by atoms with Crippen LogP contribution in [0.25, 0.3) is 10.1 Å². The summed E-state index contributed by atoms with van der Waals surface area (Å²) < 4.78 is 1.17. The van der Waals surface area contributed by atoms with Crippen LogP contribution < -0.4 is 10.6 Å². The zero-order valence-electron chi connectivity index (χ0n) is 11.1. The fourth-order valence-electron chi connectivity index (χ4n) is 2.58. The van der Waals surface area contributed by atoms with Crippen LogP contribution in [-0.2, 0) is 11.3 Å². The van der Waals surface area contributed by atoms with E-state index in [1.54, 1.807) is 11.3 Å². The van der Waals surface area contributed by atoms with E-state index in [2.05, 4.69) is 16.7 Å². The van der Waals surface area contributed by atoms with E-state index in [1.165, 1.54) is 4.70 Å². The Labute approximate surface area is 127 Å². The lowest BCUT2D eigenvalue weighted by molar-refractivity contribution is -0.122. The van der Waals surface area contributed by atoms with Crippen LogP contribution in [0.4, 0.5) is 0 Å². The van der Waals surface area contributed by atoms with Gasteiger partial charge >= 0.3 is 0 Å². The SMILES string of the molecule is O=C(CC1CCNC1)NCc1sc2ccccc2c1Cl. The van der Waals surface area contributed by atoms with Crippen LogP contribution in [0.15, 0.2) is 24.3 Å².